The Labute approximate surface area is 97.8 Å². The molecule has 1 unspecified atom stereocenters. The van der Waals surface area contributed by atoms with Crippen molar-refractivity contribution in [1.82, 2.24) is 0 Å². The van der Waals surface area contributed by atoms with E-state index in [2.05, 4.69) is 32.9 Å². The molecule has 0 radical (unpaired) electrons. The molecule has 1 atom stereocenters. The normalized spacial score (nSPS) is 26.6. The number of rotatable bonds is 3. The number of hydrogen-bond donors (Lipinski definition) is 1. The maximum atomic E-state index is 6.43. The summed E-state index contributed by atoms with van der Waals surface area (Å²) >= 11 is 0. The van der Waals surface area contributed by atoms with E-state index in [4.69, 9.17) is 10.5 Å². The van der Waals surface area contributed by atoms with E-state index in [0.717, 1.165) is 12.2 Å². The van der Waals surface area contributed by atoms with Crippen molar-refractivity contribution in [1.29, 1.82) is 0 Å². The molecule has 1 aliphatic carbocycles. The Hall–Kier alpha value is -1.02. The SMILES string of the molecule is CCOc1ccc(C2(N)CC2(C)C)c(C)c1. The second kappa shape index (κ2) is 3.49. The van der Waals surface area contributed by atoms with Gasteiger partial charge in [-0.2, -0.15) is 0 Å². The zero-order valence-corrected chi connectivity index (χ0v) is 10.6. The fourth-order valence-electron chi connectivity index (χ4n) is 2.51. The molecule has 0 bridgehead atoms. The molecule has 0 saturated heterocycles. The van der Waals surface area contributed by atoms with Crippen molar-refractivity contribution in [2.45, 2.75) is 39.7 Å². The van der Waals surface area contributed by atoms with E-state index < -0.39 is 0 Å². The lowest BCUT2D eigenvalue weighted by Crippen LogP contribution is -2.26. The lowest BCUT2D eigenvalue weighted by molar-refractivity contribution is 0.339. The molecule has 0 amide bonds. The van der Waals surface area contributed by atoms with E-state index in [1.54, 1.807) is 0 Å². The number of benzene rings is 1. The third kappa shape index (κ3) is 1.61. The van der Waals surface area contributed by atoms with Gasteiger partial charge in [-0.05, 0) is 48.9 Å². The molecule has 2 N–H and O–H groups in total. The lowest BCUT2D eigenvalue weighted by Gasteiger charge is -2.18. The van der Waals surface area contributed by atoms with Crippen LogP contribution in [0.4, 0.5) is 0 Å². The fourth-order valence-corrected chi connectivity index (χ4v) is 2.51. The van der Waals surface area contributed by atoms with Crippen LogP contribution < -0.4 is 10.5 Å². The molecule has 2 heteroatoms. The van der Waals surface area contributed by atoms with Gasteiger partial charge in [-0.25, -0.2) is 0 Å². The van der Waals surface area contributed by atoms with Crippen molar-refractivity contribution >= 4 is 0 Å². The minimum atomic E-state index is -0.137. The van der Waals surface area contributed by atoms with Gasteiger partial charge in [-0.1, -0.05) is 19.9 Å². The van der Waals surface area contributed by atoms with Crippen LogP contribution in [0.3, 0.4) is 0 Å². The Balaban J connectivity index is 2.31. The van der Waals surface area contributed by atoms with Gasteiger partial charge in [0.25, 0.3) is 0 Å². The predicted molar refractivity (Wildman–Crippen MR) is 66.6 cm³/mol. The molecule has 16 heavy (non-hydrogen) atoms. The highest BCUT2D eigenvalue weighted by Gasteiger charge is 2.59. The van der Waals surface area contributed by atoms with E-state index in [1.807, 2.05) is 13.0 Å². The molecule has 88 valence electrons. The third-order valence-electron chi connectivity index (χ3n) is 3.79. The molecule has 0 aliphatic heterocycles. The zero-order chi connectivity index (χ0) is 12.0. The van der Waals surface area contributed by atoms with Gasteiger partial charge >= 0.3 is 0 Å². The van der Waals surface area contributed by atoms with Crippen molar-refractivity contribution in [3.05, 3.63) is 29.3 Å². The largest absolute Gasteiger partial charge is 0.494 e. The van der Waals surface area contributed by atoms with Gasteiger partial charge in [0.1, 0.15) is 5.75 Å². The standard InChI is InChI=1S/C14H21NO/c1-5-16-11-6-7-12(10(2)8-11)14(15)9-13(14,3)4/h6-8H,5,9,15H2,1-4H3. The first-order chi connectivity index (χ1) is 7.40. The van der Waals surface area contributed by atoms with Crippen LogP contribution in [0.1, 0.15) is 38.3 Å². The van der Waals surface area contributed by atoms with E-state index in [0.29, 0.717) is 6.61 Å². The van der Waals surface area contributed by atoms with Crippen molar-refractivity contribution in [3.63, 3.8) is 0 Å². The highest BCUT2D eigenvalue weighted by Crippen LogP contribution is 2.60. The Morgan fingerprint density at radius 3 is 2.44 bits per heavy atom. The molecular formula is C14H21NO. The topological polar surface area (TPSA) is 35.2 Å². The average Bonchev–Trinajstić information content (AvgIpc) is 2.67. The highest BCUT2D eigenvalue weighted by molar-refractivity contribution is 5.44. The van der Waals surface area contributed by atoms with Crippen LogP contribution in [0.2, 0.25) is 0 Å². The van der Waals surface area contributed by atoms with Crippen LogP contribution in [0.25, 0.3) is 0 Å². The molecule has 2 rings (SSSR count). The van der Waals surface area contributed by atoms with Crippen molar-refractivity contribution in [2.75, 3.05) is 6.61 Å². The first kappa shape index (κ1) is 11.5. The predicted octanol–water partition coefficient (Wildman–Crippen LogP) is 2.98. The summed E-state index contributed by atoms with van der Waals surface area (Å²) in [5.41, 5.74) is 9.02. The van der Waals surface area contributed by atoms with Gasteiger partial charge in [-0.3, -0.25) is 0 Å². The molecule has 0 aromatic heterocycles. The summed E-state index contributed by atoms with van der Waals surface area (Å²) in [6, 6.07) is 6.23. The summed E-state index contributed by atoms with van der Waals surface area (Å²) in [4.78, 5) is 0. The number of aryl methyl sites for hydroxylation is 1. The monoisotopic (exact) mass is 219 g/mol. The molecule has 0 heterocycles. The Kier molecular flexibility index (Phi) is 2.50. The van der Waals surface area contributed by atoms with Gasteiger partial charge < -0.3 is 10.5 Å². The second-order valence-corrected chi connectivity index (χ2v) is 5.44. The fraction of sp³-hybridized carbons (Fsp3) is 0.571. The third-order valence-corrected chi connectivity index (χ3v) is 3.79. The van der Waals surface area contributed by atoms with Crippen LogP contribution in [0.5, 0.6) is 5.75 Å². The Morgan fingerprint density at radius 2 is 2.00 bits per heavy atom. The second-order valence-electron chi connectivity index (χ2n) is 5.44. The maximum absolute atomic E-state index is 6.43. The van der Waals surface area contributed by atoms with Gasteiger partial charge in [0.05, 0.1) is 6.61 Å². The van der Waals surface area contributed by atoms with E-state index in [1.165, 1.54) is 11.1 Å². The van der Waals surface area contributed by atoms with E-state index in [-0.39, 0.29) is 11.0 Å². The smallest absolute Gasteiger partial charge is 0.119 e. The first-order valence-corrected chi connectivity index (χ1v) is 5.93. The van der Waals surface area contributed by atoms with Gasteiger partial charge in [-0.15, -0.1) is 0 Å². The van der Waals surface area contributed by atoms with Crippen molar-refractivity contribution < 1.29 is 4.74 Å². The molecule has 1 aliphatic rings. The zero-order valence-electron chi connectivity index (χ0n) is 10.6. The highest BCUT2D eigenvalue weighted by atomic mass is 16.5. The summed E-state index contributed by atoms with van der Waals surface area (Å²) < 4.78 is 5.49. The van der Waals surface area contributed by atoms with Crippen LogP contribution in [-0.2, 0) is 5.54 Å². The van der Waals surface area contributed by atoms with E-state index in [9.17, 15) is 0 Å². The number of hydrogen-bond acceptors (Lipinski definition) is 2. The van der Waals surface area contributed by atoms with Crippen LogP contribution >= 0.6 is 0 Å². The average molecular weight is 219 g/mol. The Morgan fingerprint density at radius 1 is 1.38 bits per heavy atom. The van der Waals surface area contributed by atoms with Gasteiger partial charge in [0.2, 0.25) is 0 Å². The number of nitrogens with two attached hydrogens (primary N) is 1. The quantitative estimate of drug-likeness (QED) is 0.848. The van der Waals surface area contributed by atoms with Crippen molar-refractivity contribution in [2.24, 2.45) is 11.1 Å². The molecule has 1 aromatic rings. The van der Waals surface area contributed by atoms with Gasteiger partial charge in [0.15, 0.2) is 0 Å². The molecule has 1 saturated carbocycles. The summed E-state index contributed by atoms with van der Waals surface area (Å²) in [6.07, 6.45) is 1.06. The Bertz CT molecular complexity index is 411. The van der Waals surface area contributed by atoms with Crippen molar-refractivity contribution in [3.8, 4) is 5.75 Å². The number of ether oxygens (including phenoxy) is 1. The lowest BCUT2D eigenvalue weighted by atomic mass is 9.93. The molecule has 0 spiro atoms. The summed E-state index contributed by atoms with van der Waals surface area (Å²) in [5, 5.41) is 0. The summed E-state index contributed by atoms with van der Waals surface area (Å²) in [5.74, 6) is 0.936. The van der Waals surface area contributed by atoms with Gasteiger partial charge in [0, 0.05) is 5.54 Å². The molecule has 2 nitrogen and oxygen atoms in total. The summed E-state index contributed by atoms with van der Waals surface area (Å²) in [7, 11) is 0. The molecule has 1 fully saturated rings. The van der Waals surface area contributed by atoms with Crippen LogP contribution in [-0.4, -0.2) is 6.61 Å². The molecule has 1 aromatic carbocycles. The van der Waals surface area contributed by atoms with E-state index >= 15 is 0 Å². The minimum Gasteiger partial charge on any atom is -0.494 e. The van der Waals surface area contributed by atoms with Crippen LogP contribution in [0.15, 0.2) is 18.2 Å². The minimum absolute atomic E-state index is 0.137. The van der Waals surface area contributed by atoms with Crippen LogP contribution in [0, 0.1) is 12.3 Å². The first-order valence-electron chi connectivity index (χ1n) is 5.93. The maximum Gasteiger partial charge on any atom is 0.119 e. The summed E-state index contributed by atoms with van der Waals surface area (Å²) in [6.45, 7) is 9.27. The molecular weight excluding hydrogens is 198 g/mol.